The van der Waals surface area contributed by atoms with Gasteiger partial charge in [0.25, 0.3) is 0 Å². The summed E-state index contributed by atoms with van der Waals surface area (Å²) < 4.78 is 5.14. The highest BCUT2D eigenvalue weighted by Gasteiger charge is 2.22. The minimum Gasteiger partial charge on any atom is -0.447 e. The predicted molar refractivity (Wildman–Crippen MR) is 79.5 cm³/mol. The largest absolute Gasteiger partial charge is 0.447 e. The molecule has 0 spiro atoms. The number of piperidine rings is 1. The molecule has 2 rings (SSSR count). The van der Waals surface area contributed by atoms with Crippen LogP contribution in [0.3, 0.4) is 0 Å². The molecule has 1 aromatic carbocycles. The molecule has 1 atom stereocenters. The molecule has 1 fully saturated rings. The molecule has 0 aliphatic carbocycles. The van der Waals surface area contributed by atoms with Gasteiger partial charge in [0.15, 0.2) is 0 Å². The van der Waals surface area contributed by atoms with E-state index in [-0.39, 0.29) is 18.2 Å². The molecule has 0 radical (unpaired) electrons. The second-order valence-electron chi connectivity index (χ2n) is 5.66. The van der Waals surface area contributed by atoms with Gasteiger partial charge in [0.1, 0.15) is 0 Å². The lowest BCUT2D eigenvalue weighted by atomic mass is 10.0. The van der Waals surface area contributed by atoms with Gasteiger partial charge < -0.3 is 10.1 Å². The average molecular weight is 276 g/mol. The van der Waals surface area contributed by atoms with Gasteiger partial charge in [-0.1, -0.05) is 30.3 Å². The van der Waals surface area contributed by atoms with E-state index >= 15 is 0 Å². The minimum absolute atomic E-state index is 0.0704. The van der Waals surface area contributed by atoms with Crippen molar-refractivity contribution in [2.45, 2.75) is 45.4 Å². The highest BCUT2D eigenvalue weighted by atomic mass is 16.6. The maximum atomic E-state index is 11.6. The average Bonchev–Trinajstić information content (AvgIpc) is 2.39. The molecule has 1 heterocycles. The van der Waals surface area contributed by atoms with E-state index in [1.807, 2.05) is 19.9 Å². The molecule has 1 amide bonds. The molecule has 0 bridgehead atoms. The topological polar surface area (TPSA) is 41.6 Å². The van der Waals surface area contributed by atoms with E-state index in [0.29, 0.717) is 0 Å². The van der Waals surface area contributed by atoms with E-state index in [1.54, 1.807) is 0 Å². The maximum absolute atomic E-state index is 11.6. The van der Waals surface area contributed by atoms with Crippen LogP contribution >= 0.6 is 0 Å². The van der Waals surface area contributed by atoms with Gasteiger partial charge in [-0.2, -0.15) is 0 Å². The van der Waals surface area contributed by atoms with Gasteiger partial charge in [-0.05, 0) is 38.8 Å². The van der Waals surface area contributed by atoms with Crippen LogP contribution < -0.4 is 5.32 Å². The second-order valence-corrected chi connectivity index (χ2v) is 5.66. The summed E-state index contributed by atoms with van der Waals surface area (Å²) in [5.74, 6) is 0. The van der Waals surface area contributed by atoms with Crippen LogP contribution in [-0.4, -0.2) is 36.2 Å². The quantitative estimate of drug-likeness (QED) is 0.919. The lowest BCUT2D eigenvalue weighted by Crippen LogP contribution is -2.47. The standard InChI is InChI=1S/C16H24N2O2/c1-13(2)20-16(19)17-15-9-6-10-18(12-15)11-14-7-4-3-5-8-14/h3-5,7-8,13,15H,6,9-12H2,1-2H3,(H,17,19). The van der Waals surface area contributed by atoms with E-state index < -0.39 is 0 Å². The van der Waals surface area contributed by atoms with Gasteiger partial charge in [0.05, 0.1) is 6.10 Å². The van der Waals surface area contributed by atoms with Crippen molar-refractivity contribution in [3.05, 3.63) is 35.9 Å². The molecule has 110 valence electrons. The number of nitrogens with one attached hydrogen (secondary N) is 1. The zero-order chi connectivity index (χ0) is 14.4. The van der Waals surface area contributed by atoms with Crippen molar-refractivity contribution in [2.24, 2.45) is 0 Å². The number of hydrogen-bond donors (Lipinski definition) is 1. The van der Waals surface area contributed by atoms with E-state index in [2.05, 4.69) is 34.5 Å². The van der Waals surface area contributed by atoms with Crippen LogP contribution in [0, 0.1) is 0 Å². The third-order valence-corrected chi connectivity index (χ3v) is 3.42. The first-order valence-electron chi connectivity index (χ1n) is 7.37. The van der Waals surface area contributed by atoms with Crippen molar-refractivity contribution in [3.63, 3.8) is 0 Å². The number of hydrogen-bond acceptors (Lipinski definition) is 3. The van der Waals surface area contributed by atoms with E-state index in [4.69, 9.17) is 4.74 Å². The molecule has 1 saturated heterocycles. The van der Waals surface area contributed by atoms with E-state index in [0.717, 1.165) is 32.5 Å². The van der Waals surface area contributed by atoms with Crippen LogP contribution in [0.2, 0.25) is 0 Å². The third-order valence-electron chi connectivity index (χ3n) is 3.42. The number of rotatable bonds is 4. The van der Waals surface area contributed by atoms with Gasteiger partial charge in [-0.15, -0.1) is 0 Å². The van der Waals surface area contributed by atoms with Gasteiger partial charge in [0.2, 0.25) is 0 Å². The van der Waals surface area contributed by atoms with Crippen molar-refractivity contribution in [3.8, 4) is 0 Å². The highest BCUT2D eigenvalue weighted by molar-refractivity contribution is 5.67. The summed E-state index contributed by atoms with van der Waals surface area (Å²) in [5, 5.41) is 2.96. The monoisotopic (exact) mass is 276 g/mol. The Hall–Kier alpha value is -1.55. The van der Waals surface area contributed by atoms with Crippen molar-refractivity contribution in [1.82, 2.24) is 10.2 Å². The fourth-order valence-corrected chi connectivity index (χ4v) is 2.57. The smallest absolute Gasteiger partial charge is 0.407 e. The van der Waals surface area contributed by atoms with Crippen molar-refractivity contribution in [1.29, 1.82) is 0 Å². The summed E-state index contributed by atoms with van der Waals surface area (Å²) in [6.07, 6.45) is 1.77. The number of nitrogens with zero attached hydrogens (tertiary/aromatic N) is 1. The van der Waals surface area contributed by atoms with Crippen LogP contribution in [-0.2, 0) is 11.3 Å². The van der Waals surface area contributed by atoms with Crippen LogP contribution in [0.25, 0.3) is 0 Å². The number of likely N-dealkylation sites (tertiary alicyclic amines) is 1. The van der Waals surface area contributed by atoms with Gasteiger partial charge >= 0.3 is 6.09 Å². The number of carbonyl (C=O) groups is 1. The Kier molecular flexibility index (Phi) is 5.41. The Morgan fingerprint density at radius 3 is 2.85 bits per heavy atom. The second kappa shape index (κ2) is 7.29. The molecule has 4 nitrogen and oxygen atoms in total. The Balaban J connectivity index is 1.81. The summed E-state index contributed by atoms with van der Waals surface area (Å²) in [6.45, 7) is 6.65. The summed E-state index contributed by atoms with van der Waals surface area (Å²) in [4.78, 5) is 14.0. The molecule has 1 aliphatic rings. The summed E-state index contributed by atoms with van der Waals surface area (Å²) in [5.41, 5.74) is 1.32. The molecule has 1 aromatic rings. The molecule has 1 aliphatic heterocycles. The predicted octanol–water partition coefficient (Wildman–Crippen LogP) is 2.79. The fourth-order valence-electron chi connectivity index (χ4n) is 2.57. The molecular formula is C16H24N2O2. The number of benzene rings is 1. The first-order valence-corrected chi connectivity index (χ1v) is 7.37. The van der Waals surface area contributed by atoms with Crippen molar-refractivity contribution < 1.29 is 9.53 Å². The number of carbonyl (C=O) groups excluding carboxylic acids is 1. The van der Waals surface area contributed by atoms with Gasteiger partial charge in [0, 0.05) is 19.1 Å². The number of alkyl carbamates (subject to hydrolysis) is 1. The van der Waals surface area contributed by atoms with Crippen LogP contribution in [0.15, 0.2) is 30.3 Å². The Bertz CT molecular complexity index is 420. The van der Waals surface area contributed by atoms with E-state index in [9.17, 15) is 4.79 Å². The minimum atomic E-state index is -0.299. The first kappa shape index (κ1) is 14.9. The first-order chi connectivity index (χ1) is 9.63. The molecule has 1 N–H and O–H groups in total. The fraction of sp³-hybridized carbons (Fsp3) is 0.562. The molecule has 0 aromatic heterocycles. The highest BCUT2D eigenvalue weighted by Crippen LogP contribution is 2.14. The van der Waals surface area contributed by atoms with Gasteiger partial charge in [-0.3, -0.25) is 4.90 Å². The zero-order valence-corrected chi connectivity index (χ0v) is 12.3. The molecule has 1 unspecified atom stereocenters. The third kappa shape index (κ3) is 4.85. The normalized spacial score (nSPS) is 19.9. The summed E-state index contributed by atoms with van der Waals surface area (Å²) in [6, 6.07) is 10.6. The number of ether oxygens (including phenoxy) is 1. The molecular weight excluding hydrogens is 252 g/mol. The summed E-state index contributed by atoms with van der Waals surface area (Å²) >= 11 is 0. The number of amides is 1. The Morgan fingerprint density at radius 1 is 1.40 bits per heavy atom. The van der Waals surface area contributed by atoms with E-state index in [1.165, 1.54) is 5.56 Å². The molecule has 20 heavy (non-hydrogen) atoms. The zero-order valence-electron chi connectivity index (χ0n) is 12.3. The van der Waals surface area contributed by atoms with Crippen molar-refractivity contribution >= 4 is 6.09 Å². The molecule has 0 saturated carbocycles. The molecule has 4 heteroatoms. The van der Waals surface area contributed by atoms with Crippen LogP contribution in [0.4, 0.5) is 4.79 Å². The van der Waals surface area contributed by atoms with Crippen LogP contribution in [0.1, 0.15) is 32.3 Å². The van der Waals surface area contributed by atoms with Crippen molar-refractivity contribution in [2.75, 3.05) is 13.1 Å². The Labute approximate surface area is 121 Å². The lowest BCUT2D eigenvalue weighted by molar-refractivity contribution is 0.103. The SMILES string of the molecule is CC(C)OC(=O)NC1CCCN(Cc2ccccc2)C1. The van der Waals surface area contributed by atoms with Crippen LogP contribution in [0.5, 0.6) is 0 Å². The lowest BCUT2D eigenvalue weighted by Gasteiger charge is -2.33. The summed E-state index contributed by atoms with van der Waals surface area (Å²) in [7, 11) is 0. The Morgan fingerprint density at radius 2 is 2.15 bits per heavy atom. The van der Waals surface area contributed by atoms with Gasteiger partial charge in [-0.25, -0.2) is 4.79 Å². The maximum Gasteiger partial charge on any atom is 0.407 e.